The summed E-state index contributed by atoms with van der Waals surface area (Å²) >= 11 is 3.01. The summed E-state index contributed by atoms with van der Waals surface area (Å²) in [6, 6.07) is 4.48. The van der Waals surface area contributed by atoms with Gasteiger partial charge in [-0.1, -0.05) is 6.07 Å². The summed E-state index contributed by atoms with van der Waals surface area (Å²) in [7, 11) is 0. The standard InChI is InChI=1S/C10H8BrFN4O/c1-5-13-10(16-15-5)14-9(17)6-3-2-4-7(11)8(6)12/h2-4H,1H3,(H2,13,14,15,16,17). The van der Waals surface area contributed by atoms with Crippen molar-refractivity contribution >= 4 is 27.8 Å². The monoisotopic (exact) mass is 298 g/mol. The first-order valence-electron chi connectivity index (χ1n) is 4.72. The molecule has 0 radical (unpaired) electrons. The molecule has 5 nitrogen and oxygen atoms in total. The van der Waals surface area contributed by atoms with Gasteiger partial charge in [-0.25, -0.2) is 4.39 Å². The molecule has 2 rings (SSSR count). The number of hydrogen-bond donors (Lipinski definition) is 2. The molecule has 1 heterocycles. The van der Waals surface area contributed by atoms with E-state index in [4.69, 9.17) is 0 Å². The van der Waals surface area contributed by atoms with Crippen molar-refractivity contribution in [1.29, 1.82) is 0 Å². The van der Waals surface area contributed by atoms with Crippen LogP contribution in [0.15, 0.2) is 22.7 Å². The molecular weight excluding hydrogens is 291 g/mol. The number of aryl methyl sites for hydroxylation is 1. The first kappa shape index (κ1) is 11.7. The number of rotatable bonds is 2. The number of benzene rings is 1. The number of carbonyl (C=O) groups is 1. The predicted molar refractivity (Wildman–Crippen MR) is 63.2 cm³/mol. The third-order valence-corrected chi connectivity index (χ3v) is 2.63. The van der Waals surface area contributed by atoms with Crippen molar-refractivity contribution in [2.24, 2.45) is 0 Å². The van der Waals surface area contributed by atoms with E-state index >= 15 is 0 Å². The van der Waals surface area contributed by atoms with Gasteiger partial charge >= 0.3 is 0 Å². The fraction of sp³-hybridized carbons (Fsp3) is 0.100. The predicted octanol–water partition coefficient (Wildman–Crippen LogP) is 2.27. The summed E-state index contributed by atoms with van der Waals surface area (Å²) in [5.74, 6) is -0.526. The van der Waals surface area contributed by atoms with Crippen LogP contribution in [0.4, 0.5) is 10.3 Å². The number of halogens is 2. The first-order valence-corrected chi connectivity index (χ1v) is 5.51. The normalized spacial score (nSPS) is 10.3. The molecule has 0 saturated carbocycles. The molecule has 0 aliphatic rings. The van der Waals surface area contributed by atoms with Crippen LogP contribution in [0.3, 0.4) is 0 Å². The van der Waals surface area contributed by atoms with Gasteiger partial charge in [0.15, 0.2) is 0 Å². The smallest absolute Gasteiger partial charge is 0.261 e. The van der Waals surface area contributed by atoms with E-state index in [2.05, 4.69) is 36.4 Å². The molecular formula is C10H8BrFN4O. The minimum Gasteiger partial charge on any atom is -0.289 e. The lowest BCUT2D eigenvalue weighted by atomic mass is 10.2. The Bertz CT molecular complexity index is 569. The molecule has 1 amide bonds. The van der Waals surface area contributed by atoms with Crippen LogP contribution in [0.25, 0.3) is 0 Å². The van der Waals surface area contributed by atoms with E-state index in [1.54, 1.807) is 13.0 Å². The molecule has 0 atom stereocenters. The van der Waals surface area contributed by atoms with E-state index in [0.29, 0.717) is 5.82 Å². The summed E-state index contributed by atoms with van der Waals surface area (Å²) in [6.07, 6.45) is 0. The number of H-pyrrole nitrogens is 1. The third-order valence-electron chi connectivity index (χ3n) is 2.02. The van der Waals surface area contributed by atoms with Gasteiger partial charge in [-0.2, -0.15) is 4.98 Å². The molecule has 1 aromatic heterocycles. The van der Waals surface area contributed by atoms with Crippen molar-refractivity contribution < 1.29 is 9.18 Å². The largest absolute Gasteiger partial charge is 0.289 e. The van der Waals surface area contributed by atoms with Crippen LogP contribution in [0.2, 0.25) is 0 Å². The van der Waals surface area contributed by atoms with E-state index in [1.165, 1.54) is 12.1 Å². The molecule has 0 aliphatic heterocycles. The highest BCUT2D eigenvalue weighted by Gasteiger charge is 2.15. The lowest BCUT2D eigenvalue weighted by Gasteiger charge is -2.03. The average Bonchev–Trinajstić information content (AvgIpc) is 2.68. The first-order chi connectivity index (χ1) is 8.08. The van der Waals surface area contributed by atoms with Crippen molar-refractivity contribution in [1.82, 2.24) is 15.2 Å². The number of anilines is 1. The Kier molecular flexibility index (Phi) is 3.19. The highest BCUT2D eigenvalue weighted by Crippen LogP contribution is 2.19. The minimum atomic E-state index is -0.614. The Morgan fingerprint density at radius 3 is 2.94 bits per heavy atom. The second-order valence-electron chi connectivity index (χ2n) is 3.30. The topological polar surface area (TPSA) is 70.7 Å². The molecule has 0 spiro atoms. The maximum absolute atomic E-state index is 13.6. The Morgan fingerprint density at radius 1 is 1.53 bits per heavy atom. The Hall–Kier alpha value is -1.76. The molecule has 88 valence electrons. The number of nitrogens with zero attached hydrogens (tertiary/aromatic N) is 2. The number of nitrogens with one attached hydrogen (secondary N) is 2. The van der Waals surface area contributed by atoms with Gasteiger partial charge in [0.25, 0.3) is 5.91 Å². The molecule has 7 heteroatoms. The molecule has 17 heavy (non-hydrogen) atoms. The summed E-state index contributed by atoms with van der Waals surface area (Å²) in [5.41, 5.74) is -0.0678. The van der Waals surface area contributed by atoms with Crippen molar-refractivity contribution in [3.63, 3.8) is 0 Å². The van der Waals surface area contributed by atoms with Crippen LogP contribution in [-0.4, -0.2) is 21.1 Å². The zero-order valence-electron chi connectivity index (χ0n) is 8.79. The number of amides is 1. The third kappa shape index (κ3) is 2.50. The quantitative estimate of drug-likeness (QED) is 0.893. The fourth-order valence-corrected chi connectivity index (χ4v) is 1.61. The molecule has 0 fully saturated rings. The molecule has 0 bridgehead atoms. The summed E-state index contributed by atoms with van der Waals surface area (Å²) < 4.78 is 13.8. The van der Waals surface area contributed by atoms with E-state index < -0.39 is 11.7 Å². The van der Waals surface area contributed by atoms with Crippen molar-refractivity contribution in [2.45, 2.75) is 6.92 Å². The van der Waals surface area contributed by atoms with Gasteiger partial charge in [-0.15, -0.1) is 5.10 Å². The van der Waals surface area contributed by atoms with Crippen LogP contribution in [0.1, 0.15) is 16.2 Å². The van der Waals surface area contributed by atoms with Crippen LogP contribution in [0, 0.1) is 12.7 Å². The Balaban J connectivity index is 2.23. The van der Waals surface area contributed by atoms with Crippen LogP contribution in [0.5, 0.6) is 0 Å². The van der Waals surface area contributed by atoms with Gasteiger partial charge in [0.2, 0.25) is 5.95 Å². The maximum Gasteiger partial charge on any atom is 0.261 e. The van der Waals surface area contributed by atoms with Crippen molar-refractivity contribution in [2.75, 3.05) is 5.32 Å². The molecule has 0 saturated heterocycles. The van der Waals surface area contributed by atoms with Crippen molar-refractivity contribution in [3.05, 3.63) is 39.9 Å². The van der Waals surface area contributed by atoms with Gasteiger partial charge in [-0.05, 0) is 35.0 Å². The molecule has 0 unspecified atom stereocenters. The van der Waals surface area contributed by atoms with Crippen LogP contribution < -0.4 is 5.32 Å². The van der Waals surface area contributed by atoms with Crippen LogP contribution in [-0.2, 0) is 0 Å². The van der Waals surface area contributed by atoms with E-state index in [0.717, 1.165) is 0 Å². The van der Waals surface area contributed by atoms with Gasteiger partial charge in [0.1, 0.15) is 11.6 Å². The highest BCUT2D eigenvalue weighted by molar-refractivity contribution is 9.10. The second kappa shape index (κ2) is 4.62. The van der Waals surface area contributed by atoms with E-state index in [1.807, 2.05) is 0 Å². The van der Waals surface area contributed by atoms with E-state index in [-0.39, 0.29) is 16.0 Å². The zero-order valence-corrected chi connectivity index (χ0v) is 10.4. The minimum absolute atomic E-state index is 0.0678. The molecule has 2 aromatic rings. The fourth-order valence-electron chi connectivity index (χ4n) is 1.25. The SMILES string of the molecule is Cc1nc(NC(=O)c2cccc(Br)c2F)n[nH]1. The van der Waals surface area contributed by atoms with Gasteiger partial charge in [0.05, 0.1) is 10.0 Å². The Labute approximate surface area is 105 Å². The second-order valence-corrected chi connectivity index (χ2v) is 4.15. The molecule has 2 N–H and O–H groups in total. The maximum atomic E-state index is 13.6. The number of aromatic nitrogens is 3. The lowest BCUT2D eigenvalue weighted by Crippen LogP contribution is -2.15. The van der Waals surface area contributed by atoms with Crippen molar-refractivity contribution in [3.8, 4) is 0 Å². The summed E-state index contributed by atoms with van der Waals surface area (Å²) in [4.78, 5) is 15.6. The summed E-state index contributed by atoms with van der Waals surface area (Å²) in [5, 5.41) is 8.70. The van der Waals surface area contributed by atoms with E-state index in [9.17, 15) is 9.18 Å². The number of carbonyl (C=O) groups excluding carboxylic acids is 1. The van der Waals surface area contributed by atoms with Gasteiger partial charge in [0, 0.05) is 0 Å². The number of hydrogen-bond acceptors (Lipinski definition) is 3. The zero-order chi connectivity index (χ0) is 12.4. The van der Waals surface area contributed by atoms with Gasteiger partial charge < -0.3 is 0 Å². The van der Waals surface area contributed by atoms with Gasteiger partial charge in [-0.3, -0.25) is 15.2 Å². The number of aromatic amines is 1. The highest BCUT2D eigenvalue weighted by atomic mass is 79.9. The summed E-state index contributed by atoms with van der Waals surface area (Å²) in [6.45, 7) is 1.70. The average molecular weight is 299 g/mol. The van der Waals surface area contributed by atoms with Crippen LogP contribution >= 0.6 is 15.9 Å². The lowest BCUT2D eigenvalue weighted by molar-refractivity contribution is 0.102. The molecule has 0 aliphatic carbocycles. The molecule has 1 aromatic carbocycles. The Morgan fingerprint density at radius 2 is 2.29 bits per heavy atom.